The number of unbranched alkanes of at least 4 members (excludes halogenated alkanes) is 4. The average molecular weight is 408 g/mol. The number of carbonyl (C=O) groups is 2. The van der Waals surface area contributed by atoms with Crippen LogP contribution in [0.4, 0.5) is 11.4 Å². The van der Waals surface area contributed by atoms with Gasteiger partial charge in [-0.1, -0.05) is 46.0 Å². The third kappa shape index (κ3) is 8.24. The standard InChI is InChI=1S/C19H28N4O6/c1-3-5-7-8-10-20-19(25)17(9-6-4-2)21-18(24)14-11-15(22(26)27)13-16(12-14)23(28)29/h11-13,17H,3-10H2,1-2H3,(H,20,25)(H,21,24)/t17-/m0/s1. The lowest BCUT2D eigenvalue weighted by Gasteiger charge is -2.18. The molecule has 0 aromatic heterocycles. The number of nitro benzene ring substituents is 2. The van der Waals surface area contributed by atoms with E-state index in [1.165, 1.54) is 0 Å². The molecule has 2 N–H and O–H groups in total. The van der Waals surface area contributed by atoms with E-state index in [2.05, 4.69) is 17.6 Å². The van der Waals surface area contributed by atoms with Gasteiger partial charge in [0.15, 0.2) is 0 Å². The van der Waals surface area contributed by atoms with Gasteiger partial charge in [-0.25, -0.2) is 0 Å². The van der Waals surface area contributed by atoms with E-state index < -0.39 is 33.2 Å². The summed E-state index contributed by atoms with van der Waals surface area (Å²) < 4.78 is 0. The maximum absolute atomic E-state index is 12.6. The van der Waals surface area contributed by atoms with Crippen molar-refractivity contribution in [3.8, 4) is 0 Å². The van der Waals surface area contributed by atoms with Gasteiger partial charge in [-0.05, 0) is 12.8 Å². The van der Waals surface area contributed by atoms with Gasteiger partial charge in [0.2, 0.25) is 5.91 Å². The second-order valence-corrected chi connectivity index (χ2v) is 6.77. The van der Waals surface area contributed by atoms with Crippen LogP contribution in [-0.2, 0) is 4.79 Å². The third-order valence-corrected chi connectivity index (χ3v) is 4.38. The van der Waals surface area contributed by atoms with Gasteiger partial charge in [0, 0.05) is 18.7 Å². The van der Waals surface area contributed by atoms with E-state index in [9.17, 15) is 29.8 Å². The molecule has 0 fully saturated rings. The number of rotatable bonds is 13. The summed E-state index contributed by atoms with van der Waals surface area (Å²) >= 11 is 0. The summed E-state index contributed by atoms with van der Waals surface area (Å²) in [7, 11) is 0. The molecule has 160 valence electrons. The van der Waals surface area contributed by atoms with Gasteiger partial charge >= 0.3 is 0 Å². The van der Waals surface area contributed by atoms with E-state index in [0.717, 1.165) is 50.3 Å². The first-order valence-electron chi connectivity index (χ1n) is 9.82. The van der Waals surface area contributed by atoms with E-state index in [0.29, 0.717) is 19.4 Å². The minimum Gasteiger partial charge on any atom is -0.354 e. The molecule has 1 aromatic rings. The Bertz CT molecular complexity index is 705. The van der Waals surface area contributed by atoms with Crippen molar-refractivity contribution in [3.05, 3.63) is 44.0 Å². The fraction of sp³-hybridized carbons (Fsp3) is 0.579. The number of nitrogens with zero attached hydrogens (tertiary/aromatic N) is 2. The maximum atomic E-state index is 12.6. The zero-order valence-corrected chi connectivity index (χ0v) is 16.8. The molecule has 0 saturated heterocycles. The minimum atomic E-state index is -0.813. The maximum Gasteiger partial charge on any atom is 0.277 e. The molecule has 10 heteroatoms. The zero-order chi connectivity index (χ0) is 21.8. The number of amides is 2. The van der Waals surface area contributed by atoms with E-state index >= 15 is 0 Å². The van der Waals surface area contributed by atoms with Crippen molar-refractivity contribution in [2.75, 3.05) is 6.54 Å². The molecule has 29 heavy (non-hydrogen) atoms. The van der Waals surface area contributed by atoms with Gasteiger partial charge in [0.05, 0.1) is 21.5 Å². The van der Waals surface area contributed by atoms with Crippen LogP contribution in [0.15, 0.2) is 18.2 Å². The Balaban J connectivity index is 2.90. The van der Waals surface area contributed by atoms with Gasteiger partial charge < -0.3 is 10.6 Å². The molecular formula is C19H28N4O6. The number of hydrogen-bond donors (Lipinski definition) is 2. The molecular weight excluding hydrogens is 380 g/mol. The SMILES string of the molecule is CCCCCCNC(=O)[C@H](CCCC)NC(=O)c1cc([N+](=O)[O-])cc([N+](=O)[O-])c1. The van der Waals surface area contributed by atoms with Crippen LogP contribution in [0.2, 0.25) is 0 Å². The summed E-state index contributed by atoms with van der Waals surface area (Å²) in [4.78, 5) is 45.4. The molecule has 0 saturated carbocycles. The molecule has 1 atom stereocenters. The van der Waals surface area contributed by atoms with Crippen molar-refractivity contribution < 1.29 is 19.4 Å². The summed E-state index contributed by atoms with van der Waals surface area (Å²) in [5, 5.41) is 27.4. The Morgan fingerprint density at radius 2 is 1.52 bits per heavy atom. The molecule has 10 nitrogen and oxygen atoms in total. The van der Waals surface area contributed by atoms with E-state index in [1.807, 2.05) is 6.92 Å². The molecule has 0 aliphatic carbocycles. The molecule has 0 aliphatic rings. The number of non-ortho nitro benzene ring substituents is 2. The van der Waals surface area contributed by atoms with Crippen molar-refractivity contribution in [2.24, 2.45) is 0 Å². The number of carbonyl (C=O) groups excluding carboxylic acids is 2. The number of benzene rings is 1. The lowest BCUT2D eigenvalue weighted by atomic mass is 10.1. The van der Waals surface area contributed by atoms with Crippen LogP contribution in [0, 0.1) is 20.2 Å². The second kappa shape index (κ2) is 12.4. The Kier molecular flexibility index (Phi) is 10.3. The monoisotopic (exact) mass is 408 g/mol. The van der Waals surface area contributed by atoms with Gasteiger partial charge in [-0.15, -0.1) is 0 Å². The lowest BCUT2D eigenvalue weighted by molar-refractivity contribution is -0.394. The molecule has 0 bridgehead atoms. The lowest BCUT2D eigenvalue weighted by Crippen LogP contribution is -2.47. The second-order valence-electron chi connectivity index (χ2n) is 6.77. The molecule has 1 rings (SSSR count). The van der Waals surface area contributed by atoms with Crippen molar-refractivity contribution in [2.45, 2.75) is 64.8 Å². The minimum absolute atomic E-state index is 0.233. The fourth-order valence-electron chi connectivity index (χ4n) is 2.74. The average Bonchev–Trinajstić information content (AvgIpc) is 2.70. The normalized spacial score (nSPS) is 11.5. The largest absolute Gasteiger partial charge is 0.354 e. The van der Waals surface area contributed by atoms with Crippen LogP contribution < -0.4 is 10.6 Å². The molecule has 0 aliphatic heterocycles. The van der Waals surface area contributed by atoms with Gasteiger partial charge in [-0.2, -0.15) is 0 Å². The molecule has 2 amide bonds. The van der Waals surface area contributed by atoms with E-state index in [-0.39, 0.29) is 11.5 Å². The Hall–Kier alpha value is -3.04. The fourth-order valence-corrected chi connectivity index (χ4v) is 2.74. The van der Waals surface area contributed by atoms with Crippen molar-refractivity contribution in [3.63, 3.8) is 0 Å². The highest BCUT2D eigenvalue weighted by Crippen LogP contribution is 2.22. The first-order chi connectivity index (χ1) is 13.8. The Morgan fingerprint density at radius 3 is 2.03 bits per heavy atom. The van der Waals surface area contributed by atoms with Crippen LogP contribution in [0.1, 0.15) is 69.2 Å². The number of nitrogens with one attached hydrogen (secondary N) is 2. The van der Waals surface area contributed by atoms with Crippen LogP contribution in [0.5, 0.6) is 0 Å². The van der Waals surface area contributed by atoms with E-state index in [1.54, 1.807) is 0 Å². The topological polar surface area (TPSA) is 144 Å². The van der Waals surface area contributed by atoms with E-state index in [4.69, 9.17) is 0 Å². The predicted octanol–water partition coefficient (Wildman–Crippen LogP) is 3.49. The van der Waals surface area contributed by atoms with Gasteiger partial charge in [0.1, 0.15) is 6.04 Å². The highest BCUT2D eigenvalue weighted by molar-refractivity contribution is 5.98. The summed E-state index contributed by atoms with van der Waals surface area (Å²) in [6.45, 7) is 4.54. The highest BCUT2D eigenvalue weighted by atomic mass is 16.6. The smallest absolute Gasteiger partial charge is 0.277 e. The molecule has 0 unspecified atom stereocenters. The van der Waals surface area contributed by atoms with Crippen LogP contribution in [0.25, 0.3) is 0 Å². The van der Waals surface area contributed by atoms with Gasteiger partial charge in [-0.3, -0.25) is 29.8 Å². The first-order valence-corrected chi connectivity index (χ1v) is 9.82. The first kappa shape index (κ1) is 24.0. The summed E-state index contributed by atoms with van der Waals surface area (Å²) in [6, 6.07) is 1.89. The highest BCUT2D eigenvalue weighted by Gasteiger charge is 2.24. The number of hydrogen-bond acceptors (Lipinski definition) is 6. The molecule has 1 aromatic carbocycles. The van der Waals surface area contributed by atoms with Crippen molar-refractivity contribution >= 4 is 23.2 Å². The van der Waals surface area contributed by atoms with Crippen molar-refractivity contribution in [1.82, 2.24) is 10.6 Å². The molecule has 0 heterocycles. The molecule has 0 spiro atoms. The Morgan fingerprint density at radius 1 is 0.931 bits per heavy atom. The zero-order valence-electron chi connectivity index (χ0n) is 16.8. The summed E-state index contributed by atoms with van der Waals surface area (Å²) in [6.07, 6.45) is 5.92. The van der Waals surface area contributed by atoms with Crippen molar-refractivity contribution in [1.29, 1.82) is 0 Å². The molecule has 0 radical (unpaired) electrons. The van der Waals surface area contributed by atoms with Crippen LogP contribution >= 0.6 is 0 Å². The summed E-state index contributed by atoms with van der Waals surface area (Å²) in [5.41, 5.74) is -1.35. The number of nitro groups is 2. The quantitative estimate of drug-likeness (QED) is 0.290. The van der Waals surface area contributed by atoms with Crippen LogP contribution in [-0.4, -0.2) is 34.2 Å². The van der Waals surface area contributed by atoms with Gasteiger partial charge in [0.25, 0.3) is 17.3 Å². The predicted molar refractivity (Wildman–Crippen MR) is 108 cm³/mol. The summed E-state index contributed by atoms with van der Waals surface area (Å²) in [5.74, 6) is -1.10. The Labute approximate surface area is 169 Å². The third-order valence-electron chi connectivity index (χ3n) is 4.38. The van der Waals surface area contributed by atoms with Crippen LogP contribution in [0.3, 0.4) is 0 Å².